The van der Waals surface area contributed by atoms with Crippen LogP contribution in [0.2, 0.25) is 16.6 Å². The van der Waals surface area contributed by atoms with Gasteiger partial charge in [-0.3, -0.25) is 4.52 Å². The molecule has 126 valence electrons. The number of H-pyrrole nitrogens is 1. The van der Waals surface area contributed by atoms with Crippen LogP contribution in [-0.2, 0) is 0 Å². The first-order chi connectivity index (χ1) is 10.7. The maximum Gasteiger partial charge on any atom is 0.441 e. The molecule has 2 aromatic rings. The Kier molecular flexibility index (Phi) is 5.55. The normalized spacial score (nSPS) is 12.6. The van der Waals surface area contributed by atoms with Crippen LogP contribution in [0, 0.1) is 3.70 Å². The number of benzene rings is 1. The molecule has 0 bridgehead atoms. The van der Waals surface area contributed by atoms with Gasteiger partial charge in [-0.1, -0.05) is 59.7 Å². The van der Waals surface area contributed by atoms with Crippen molar-refractivity contribution in [3.05, 3.63) is 38.4 Å². The molecule has 0 saturated carbocycles. The average molecular weight is 445 g/mol. The van der Waals surface area contributed by atoms with Crippen LogP contribution in [0.15, 0.2) is 33.6 Å². The fraction of sp³-hybridized carbons (Fsp3) is 0.529. The lowest BCUT2D eigenvalue weighted by molar-refractivity contribution is -0.681. The number of rotatable bonds is 5. The highest BCUT2D eigenvalue weighted by molar-refractivity contribution is 14.1. The zero-order valence-corrected chi connectivity index (χ0v) is 17.8. The Balaban J connectivity index is 2.81. The molecule has 0 unspecified atom stereocenters. The molecule has 2 rings (SSSR count). The molecule has 0 fully saturated rings. The van der Waals surface area contributed by atoms with E-state index < -0.39 is 8.07 Å². The van der Waals surface area contributed by atoms with Crippen LogP contribution < -0.4 is 15.5 Å². The van der Waals surface area contributed by atoms with Crippen molar-refractivity contribution >= 4 is 35.9 Å². The fourth-order valence-electron chi connectivity index (χ4n) is 4.38. The first-order valence-electron chi connectivity index (χ1n) is 8.13. The Morgan fingerprint density at radius 3 is 2.00 bits per heavy atom. The zero-order valence-electron chi connectivity index (χ0n) is 14.7. The topological polar surface area (TPSA) is 49.9 Å². The highest BCUT2D eigenvalue weighted by Gasteiger charge is 2.48. The summed E-state index contributed by atoms with van der Waals surface area (Å²) in [5, 5.41) is 4.15. The van der Waals surface area contributed by atoms with E-state index in [0.717, 1.165) is 5.69 Å². The second-order valence-electron chi connectivity index (χ2n) is 7.02. The second-order valence-corrected chi connectivity index (χ2v) is 13.9. The van der Waals surface area contributed by atoms with Crippen LogP contribution in [0.4, 0.5) is 0 Å². The van der Waals surface area contributed by atoms with Crippen molar-refractivity contribution in [3.8, 4) is 5.69 Å². The Labute approximate surface area is 152 Å². The van der Waals surface area contributed by atoms with Crippen molar-refractivity contribution in [2.45, 2.75) is 58.2 Å². The van der Waals surface area contributed by atoms with Crippen molar-refractivity contribution in [1.82, 2.24) is 5.27 Å². The molecule has 23 heavy (non-hydrogen) atoms. The summed E-state index contributed by atoms with van der Waals surface area (Å²) in [5.41, 5.74) is 2.51. The summed E-state index contributed by atoms with van der Waals surface area (Å²) in [7, 11) is -1.83. The van der Waals surface area contributed by atoms with Crippen LogP contribution >= 0.6 is 22.6 Å². The van der Waals surface area contributed by atoms with E-state index in [4.69, 9.17) is 4.52 Å². The van der Waals surface area contributed by atoms with Crippen LogP contribution in [-0.4, -0.2) is 13.3 Å². The van der Waals surface area contributed by atoms with Crippen LogP contribution in [0.25, 0.3) is 5.69 Å². The number of aromatic amines is 1. The van der Waals surface area contributed by atoms with Gasteiger partial charge < -0.3 is 0 Å². The van der Waals surface area contributed by atoms with Crippen LogP contribution in [0.1, 0.15) is 41.5 Å². The van der Waals surface area contributed by atoms with Crippen molar-refractivity contribution in [2.75, 3.05) is 0 Å². The molecule has 0 radical (unpaired) electrons. The molecule has 0 saturated heterocycles. The minimum atomic E-state index is -1.83. The van der Waals surface area contributed by atoms with Crippen molar-refractivity contribution in [2.24, 2.45) is 0 Å². The number of aromatic nitrogens is 2. The van der Waals surface area contributed by atoms with Gasteiger partial charge in [-0.15, -0.1) is 0 Å². The van der Waals surface area contributed by atoms with Gasteiger partial charge in [0.2, 0.25) is 5.69 Å². The van der Waals surface area contributed by atoms with E-state index >= 15 is 0 Å². The van der Waals surface area contributed by atoms with Gasteiger partial charge in [0.25, 0.3) is 0 Å². The summed E-state index contributed by atoms with van der Waals surface area (Å²) in [5.74, 6) is 0. The highest BCUT2D eigenvalue weighted by atomic mass is 127. The summed E-state index contributed by atoms with van der Waals surface area (Å²) in [6.45, 7) is 14.1. The number of hydrogen-bond donors (Lipinski definition) is 1. The molecule has 1 N–H and O–H groups in total. The maximum absolute atomic E-state index is 11.8. The van der Waals surface area contributed by atoms with Gasteiger partial charge in [0.05, 0.1) is 0 Å². The number of nitrogens with zero attached hydrogens (tertiary/aromatic N) is 1. The molecular formula is C17H26IN2O2Si+. The monoisotopic (exact) mass is 445 g/mol. The number of halogens is 1. The van der Waals surface area contributed by atoms with Gasteiger partial charge >= 0.3 is 9.33 Å². The third-order valence-corrected chi connectivity index (χ3v) is 13.1. The smallest absolute Gasteiger partial charge is 0.282 e. The molecule has 4 nitrogen and oxygen atoms in total. The van der Waals surface area contributed by atoms with Crippen LogP contribution in [0.3, 0.4) is 0 Å². The summed E-state index contributed by atoms with van der Waals surface area (Å²) >= 11 is 2.04. The van der Waals surface area contributed by atoms with E-state index in [-0.39, 0.29) is 5.63 Å². The summed E-state index contributed by atoms with van der Waals surface area (Å²) in [6, 6.07) is 8.46. The van der Waals surface area contributed by atoms with E-state index in [0.29, 0.717) is 20.3 Å². The molecule has 0 aliphatic heterocycles. The molecule has 6 heteroatoms. The average Bonchev–Trinajstić information content (AvgIpc) is 2.79. The Bertz CT molecular complexity index is 712. The van der Waals surface area contributed by atoms with Gasteiger partial charge in [0, 0.05) is 33.8 Å². The third kappa shape index (κ3) is 2.95. The van der Waals surface area contributed by atoms with Crippen molar-refractivity contribution in [1.29, 1.82) is 0 Å². The molecule has 0 amide bonds. The van der Waals surface area contributed by atoms with E-state index in [1.165, 1.54) is 5.19 Å². The molecular weight excluding hydrogens is 419 g/mol. The van der Waals surface area contributed by atoms with Crippen molar-refractivity contribution in [3.63, 3.8) is 0 Å². The molecule has 1 aromatic carbocycles. The van der Waals surface area contributed by atoms with Crippen LogP contribution in [0.5, 0.6) is 0 Å². The molecule has 1 aromatic heterocycles. The van der Waals surface area contributed by atoms with Gasteiger partial charge in [0.1, 0.15) is 8.07 Å². The first-order valence-corrected chi connectivity index (χ1v) is 11.4. The summed E-state index contributed by atoms with van der Waals surface area (Å²) in [6.07, 6.45) is 0. The summed E-state index contributed by atoms with van der Waals surface area (Å²) in [4.78, 5) is 11.8. The lowest BCUT2D eigenvalue weighted by Gasteiger charge is -2.43. The quantitative estimate of drug-likeness (QED) is 0.433. The molecule has 0 aliphatic carbocycles. The number of hydrogen-bond acceptors (Lipinski definition) is 2. The Morgan fingerprint density at radius 2 is 1.57 bits per heavy atom. The van der Waals surface area contributed by atoms with Gasteiger partial charge in [-0.05, 0) is 26.6 Å². The number of nitrogens with one attached hydrogen (secondary N) is 1. The molecule has 0 aliphatic rings. The summed E-state index contributed by atoms with van der Waals surface area (Å²) < 4.78 is 7.32. The zero-order chi connectivity index (χ0) is 17.4. The second kappa shape index (κ2) is 6.92. The predicted octanol–water partition coefficient (Wildman–Crippen LogP) is 3.74. The van der Waals surface area contributed by atoms with E-state index in [2.05, 4.69) is 65.0 Å². The highest BCUT2D eigenvalue weighted by Crippen LogP contribution is 2.41. The molecule has 0 spiro atoms. The van der Waals surface area contributed by atoms with E-state index in [9.17, 15) is 4.79 Å². The minimum Gasteiger partial charge on any atom is -0.282 e. The maximum atomic E-state index is 11.8. The SMILES string of the molecule is CC(C)[Si](c1ccccc1-[n+]1[nH]oc(=O)c1I)(C(C)C)C(C)C. The Morgan fingerprint density at radius 1 is 1.04 bits per heavy atom. The van der Waals surface area contributed by atoms with Crippen molar-refractivity contribution < 1.29 is 9.20 Å². The fourth-order valence-corrected chi connectivity index (χ4v) is 11.7. The van der Waals surface area contributed by atoms with Gasteiger partial charge in [0.15, 0.2) is 0 Å². The molecule has 1 heterocycles. The number of para-hydroxylation sites is 1. The predicted molar refractivity (Wildman–Crippen MR) is 104 cm³/mol. The Hall–Kier alpha value is -0.893. The largest absolute Gasteiger partial charge is 0.441 e. The van der Waals surface area contributed by atoms with Gasteiger partial charge in [-0.25, -0.2) is 4.79 Å². The van der Waals surface area contributed by atoms with E-state index in [1.807, 2.05) is 28.7 Å². The standard InChI is InChI=1S/C17H25IN2O2Si/c1-11(2)23(12(3)4,13(5)6)15-10-8-7-9-14(15)20-16(18)17(21)22-19-20/h7-13H,1-6H3/p+1. The lowest BCUT2D eigenvalue weighted by atomic mass is 10.3. The third-order valence-electron chi connectivity index (χ3n) is 5.07. The van der Waals surface area contributed by atoms with E-state index in [1.54, 1.807) is 4.68 Å². The van der Waals surface area contributed by atoms with Gasteiger partial charge in [-0.2, -0.15) is 0 Å². The lowest BCUT2D eigenvalue weighted by Crippen LogP contribution is -2.59. The minimum absolute atomic E-state index is 0.327. The molecule has 0 atom stereocenters. The first kappa shape index (κ1) is 18.4.